The molecule has 0 bridgehead atoms. The number of pyridine rings is 1. The quantitative estimate of drug-likeness (QED) is 0.221. The minimum atomic E-state index is -4.65. The van der Waals surface area contributed by atoms with Crippen LogP contribution >= 0.6 is 0 Å². The lowest BCUT2D eigenvalue weighted by Crippen LogP contribution is -2.34. The fourth-order valence-electron chi connectivity index (χ4n) is 4.67. The maximum Gasteiger partial charge on any atom is 0.416 e. The predicted octanol–water partition coefficient (Wildman–Crippen LogP) is 5.68. The molecule has 0 aliphatic carbocycles. The second-order valence-corrected chi connectivity index (χ2v) is 9.96. The van der Waals surface area contributed by atoms with E-state index in [9.17, 15) is 22.4 Å². The Balaban J connectivity index is 1.43. The molecule has 10 nitrogen and oxygen atoms in total. The van der Waals surface area contributed by atoms with Gasteiger partial charge in [0.2, 0.25) is 11.8 Å². The van der Waals surface area contributed by atoms with Crippen molar-refractivity contribution in [3.05, 3.63) is 78.0 Å². The smallest absolute Gasteiger partial charge is 0.416 e. The molecule has 2 unspecified atom stereocenters. The number of hydrogen-bond donors (Lipinski definition) is 3. The number of likely N-dealkylation sites (tertiary alicyclic amines) is 1. The molecule has 1 aliphatic heterocycles. The Morgan fingerprint density at radius 3 is 2.60 bits per heavy atom. The number of nitrogens with zero attached hydrogens (tertiary/aromatic N) is 5. The lowest BCUT2D eigenvalue weighted by molar-refractivity contribution is -0.137. The van der Waals surface area contributed by atoms with Gasteiger partial charge < -0.3 is 25.6 Å². The van der Waals surface area contributed by atoms with Gasteiger partial charge in [-0.3, -0.25) is 4.79 Å². The number of alkyl halides is 3. The Bertz CT molecular complexity index is 1630. The molecule has 3 heterocycles. The van der Waals surface area contributed by atoms with Gasteiger partial charge in [0.25, 0.3) is 5.91 Å². The SMILES string of the molecule is CNc1ncnc(-c2cccnc2Oc2ccc(F)c(C(=O)Nc3cc(C(F)(F)F)ccc3NC3CCN(C)C3C)c2)n1. The van der Waals surface area contributed by atoms with Crippen LogP contribution in [0.25, 0.3) is 11.4 Å². The minimum Gasteiger partial charge on any atom is -0.438 e. The number of carbonyl (C=O) groups excluding carboxylic acids is 1. The molecule has 0 radical (unpaired) electrons. The van der Waals surface area contributed by atoms with Crippen LogP contribution in [-0.4, -0.2) is 63.5 Å². The third-order valence-corrected chi connectivity index (χ3v) is 7.21. The van der Waals surface area contributed by atoms with Crippen LogP contribution in [0.3, 0.4) is 0 Å². The number of ether oxygens (including phenoxy) is 1. The second kappa shape index (κ2) is 12.2. The molecule has 14 heteroatoms. The monoisotopic (exact) mass is 596 g/mol. The number of nitrogens with one attached hydrogen (secondary N) is 3. The van der Waals surface area contributed by atoms with Crippen LogP contribution < -0.4 is 20.7 Å². The lowest BCUT2D eigenvalue weighted by Gasteiger charge is -2.24. The molecule has 3 N–H and O–H groups in total. The second-order valence-electron chi connectivity index (χ2n) is 9.96. The zero-order valence-electron chi connectivity index (χ0n) is 23.4. The van der Waals surface area contributed by atoms with Crippen molar-refractivity contribution in [2.24, 2.45) is 0 Å². The maximum absolute atomic E-state index is 14.9. The van der Waals surface area contributed by atoms with Gasteiger partial charge in [-0.05, 0) is 68.9 Å². The summed E-state index contributed by atoms with van der Waals surface area (Å²) >= 11 is 0. The number of amides is 1. The van der Waals surface area contributed by atoms with Crippen molar-refractivity contribution in [2.75, 3.05) is 36.6 Å². The highest BCUT2D eigenvalue weighted by molar-refractivity contribution is 6.06. The van der Waals surface area contributed by atoms with E-state index in [4.69, 9.17) is 4.74 Å². The Hall–Kier alpha value is -4.85. The van der Waals surface area contributed by atoms with Crippen LogP contribution in [-0.2, 0) is 6.18 Å². The van der Waals surface area contributed by atoms with Gasteiger partial charge in [-0.2, -0.15) is 18.2 Å². The first kappa shape index (κ1) is 29.6. The van der Waals surface area contributed by atoms with E-state index < -0.39 is 29.0 Å². The van der Waals surface area contributed by atoms with Crippen molar-refractivity contribution in [3.8, 4) is 23.0 Å². The number of benzene rings is 2. The van der Waals surface area contributed by atoms with Gasteiger partial charge >= 0.3 is 6.18 Å². The maximum atomic E-state index is 14.9. The highest BCUT2D eigenvalue weighted by Gasteiger charge is 2.33. The van der Waals surface area contributed by atoms with E-state index in [1.54, 1.807) is 19.2 Å². The molecule has 2 aromatic carbocycles. The zero-order chi connectivity index (χ0) is 30.7. The molecule has 1 amide bonds. The van der Waals surface area contributed by atoms with E-state index in [0.29, 0.717) is 11.5 Å². The average molecular weight is 597 g/mol. The summed E-state index contributed by atoms with van der Waals surface area (Å²) in [6.45, 7) is 2.81. The first-order chi connectivity index (χ1) is 20.5. The van der Waals surface area contributed by atoms with Crippen molar-refractivity contribution >= 4 is 23.2 Å². The average Bonchev–Trinajstić information content (AvgIpc) is 3.30. The van der Waals surface area contributed by atoms with Crippen molar-refractivity contribution in [3.63, 3.8) is 0 Å². The van der Waals surface area contributed by atoms with Crippen molar-refractivity contribution in [1.29, 1.82) is 0 Å². The Labute approximate surface area is 244 Å². The molecule has 1 aliphatic rings. The van der Waals surface area contributed by atoms with Crippen LogP contribution in [0.1, 0.15) is 29.3 Å². The zero-order valence-corrected chi connectivity index (χ0v) is 23.4. The first-order valence-electron chi connectivity index (χ1n) is 13.3. The lowest BCUT2D eigenvalue weighted by atomic mass is 10.1. The predicted molar refractivity (Wildman–Crippen MR) is 153 cm³/mol. The molecule has 2 aromatic heterocycles. The largest absolute Gasteiger partial charge is 0.438 e. The van der Waals surface area contributed by atoms with E-state index in [1.807, 2.05) is 14.0 Å². The fraction of sp³-hybridized carbons (Fsp3) is 0.276. The van der Waals surface area contributed by atoms with Crippen molar-refractivity contribution in [2.45, 2.75) is 31.6 Å². The topological polar surface area (TPSA) is 117 Å². The summed E-state index contributed by atoms with van der Waals surface area (Å²) in [5.41, 5.74) is -0.828. The summed E-state index contributed by atoms with van der Waals surface area (Å²) in [4.78, 5) is 32.0. The van der Waals surface area contributed by atoms with Gasteiger partial charge in [0.1, 0.15) is 17.9 Å². The summed E-state index contributed by atoms with van der Waals surface area (Å²) in [6, 6.07) is 9.86. The number of rotatable bonds is 8. The molecule has 224 valence electrons. The molecular weight excluding hydrogens is 568 g/mol. The van der Waals surface area contributed by atoms with Crippen LogP contribution in [0.5, 0.6) is 11.6 Å². The summed E-state index contributed by atoms with van der Waals surface area (Å²) in [6.07, 6.45) is -1.10. The van der Waals surface area contributed by atoms with Crippen LogP contribution in [0.4, 0.5) is 34.9 Å². The number of likely N-dealkylation sites (N-methyl/N-ethyl adjacent to an activating group) is 1. The number of anilines is 3. The molecule has 1 saturated heterocycles. The molecule has 2 atom stereocenters. The molecule has 0 saturated carbocycles. The molecule has 43 heavy (non-hydrogen) atoms. The normalized spacial score (nSPS) is 17.0. The van der Waals surface area contributed by atoms with E-state index in [0.717, 1.165) is 37.2 Å². The minimum absolute atomic E-state index is 0.0552. The summed E-state index contributed by atoms with van der Waals surface area (Å²) in [5.74, 6) is -1.14. The summed E-state index contributed by atoms with van der Waals surface area (Å²) < 4.78 is 61.5. The van der Waals surface area contributed by atoms with Crippen LogP contribution in [0.2, 0.25) is 0 Å². The van der Waals surface area contributed by atoms with E-state index in [2.05, 4.69) is 40.8 Å². The van der Waals surface area contributed by atoms with Crippen LogP contribution in [0.15, 0.2) is 61.1 Å². The third kappa shape index (κ3) is 6.64. The summed E-state index contributed by atoms with van der Waals surface area (Å²) in [7, 11) is 3.61. The Kier molecular flexibility index (Phi) is 8.39. The standard InChI is InChI=1S/C29H28F4N8O2/c1-16-22(10-12-41(16)3)38-23-9-6-17(29(31,32)33)13-24(23)39-26(42)20-14-18(7-8-21(20)30)43-27-19(5-4-11-35-27)25-36-15-37-28(34-2)40-25/h4-9,11,13-16,22,38H,10,12H2,1-3H3,(H,39,42)(H,34,36,37,40). The molecular formula is C29H28F4N8O2. The van der Waals surface area contributed by atoms with Gasteiger partial charge in [0.15, 0.2) is 5.82 Å². The number of aromatic nitrogens is 4. The Morgan fingerprint density at radius 2 is 1.88 bits per heavy atom. The first-order valence-corrected chi connectivity index (χ1v) is 13.3. The number of hydrogen-bond acceptors (Lipinski definition) is 9. The van der Waals surface area contributed by atoms with Gasteiger partial charge in [-0.1, -0.05) is 0 Å². The highest BCUT2D eigenvalue weighted by atomic mass is 19.4. The number of carbonyl (C=O) groups is 1. The molecule has 4 aromatic rings. The third-order valence-electron chi connectivity index (χ3n) is 7.21. The molecule has 1 fully saturated rings. The van der Waals surface area contributed by atoms with E-state index in [1.165, 1.54) is 24.7 Å². The fourth-order valence-corrected chi connectivity index (χ4v) is 4.67. The van der Waals surface area contributed by atoms with Gasteiger partial charge in [0, 0.05) is 31.9 Å². The van der Waals surface area contributed by atoms with Gasteiger partial charge in [-0.15, -0.1) is 0 Å². The van der Waals surface area contributed by atoms with E-state index >= 15 is 0 Å². The van der Waals surface area contributed by atoms with Crippen molar-refractivity contribution < 1.29 is 27.1 Å². The van der Waals surface area contributed by atoms with Crippen LogP contribution in [0, 0.1) is 5.82 Å². The summed E-state index contributed by atoms with van der Waals surface area (Å²) in [5, 5.41) is 8.52. The van der Waals surface area contributed by atoms with Gasteiger partial charge in [0.05, 0.1) is 28.1 Å². The molecule has 5 rings (SSSR count). The number of halogens is 4. The highest BCUT2D eigenvalue weighted by Crippen LogP contribution is 2.36. The van der Waals surface area contributed by atoms with E-state index in [-0.39, 0.29) is 40.9 Å². The van der Waals surface area contributed by atoms with Gasteiger partial charge in [-0.25, -0.2) is 19.3 Å². The molecule has 0 spiro atoms. The Morgan fingerprint density at radius 1 is 1.07 bits per heavy atom. The van der Waals surface area contributed by atoms with Crippen molar-refractivity contribution in [1.82, 2.24) is 24.8 Å².